The third kappa shape index (κ3) is 6.80. The quantitative estimate of drug-likeness (QED) is 0.551. The lowest BCUT2D eigenvalue weighted by molar-refractivity contribution is -0.118. The molecule has 2 rings (SSSR count). The summed E-state index contributed by atoms with van der Waals surface area (Å²) in [6.45, 7) is 6.02. The van der Waals surface area contributed by atoms with Crippen molar-refractivity contribution < 1.29 is 14.4 Å². The van der Waals surface area contributed by atoms with E-state index in [2.05, 4.69) is 21.3 Å². The first-order chi connectivity index (χ1) is 13.8. The Kier molecular flexibility index (Phi) is 8.03. The van der Waals surface area contributed by atoms with E-state index >= 15 is 0 Å². The Hall–Kier alpha value is -3.06. The van der Waals surface area contributed by atoms with Crippen LogP contribution in [0.4, 0.5) is 16.2 Å². The van der Waals surface area contributed by atoms with Crippen LogP contribution in [0.2, 0.25) is 5.02 Å². The molecule has 0 spiro atoms. The molecular weight excluding hydrogens is 392 g/mol. The Morgan fingerprint density at radius 1 is 0.966 bits per heavy atom. The molecule has 0 fully saturated rings. The maximum absolute atomic E-state index is 12.8. The maximum atomic E-state index is 12.8. The zero-order valence-electron chi connectivity index (χ0n) is 16.6. The van der Waals surface area contributed by atoms with Gasteiger partial charge in [-0.2, -0.15) is 0 Å². The van der Waals surface area contributed by atoms with Crippen LogP contribution in [0.3, 0.4) is 0 Å². The summed E-state index contributed by atoms with van der Waals surface area (Å²) in [4.78, 5) is 36.9. The molecule has 4 N–H and O–H groups in total. The first-order valence-electron chi connectivity index (χ1n) is 9.32. The van der Waals surface area contributed by atoms with E-state index in [0.717, 1.165) is 0 Å². The van der Waals surface area contributed by atoms with Crippen molar-refractivity contribution in [1.82, 2.24) is 10.6 Å². The van der Waals surface area contributed by atoms with E-state index in [9.17, 15) is 14.4 Å². The fourth-order valence-electron chi connectivity index (χ4n) is 2.59. The molecule has 0 saturated heterocycles. The summed E-state index contributed by atoms with van der Waals surface area (Å²) in [5, 5.41) is 11.4. The Morgan fingerprint density at radius 2 is 1.59 bits per heavy atom. The SMILES string of the molecule is CCNC(=O)Nc1cccc(NC(=O)C(NC(=O)c2ccc(Cl)cc2)C(C)C)c1. The second kappa shape index (κ2) is 10.5. The lowest BCUT2D eigenvalue weighted by Gasteiger charge is -2.22. The third-order valence-corrected chi connectivity index (χ3v) is 4.32. The highest BCUT2D eigenvalue weighted by atomic mass is 35.5. The highest BCUT2D eigenvalue weighted by Gasteiger charge is 2.25. The summed E-state index contributed by atoms with van der Waals surface area (Å²) < 4.78 is 0. The van der Waals surface area contributed by atoms with Gasteiger partial charge in [0.2, 0.25) is 5.91 Å². The van der Waals surface area contributed by atoms with E-state index in [1.54, 1.807) is 48.5 Å². The molecule has 154 valence electrons. The highest BCUT2D eigenvalue weighted by Crippen LogP contribution is 2.17. The van der Waals surface area contributed by atoms with Gasteiger partial charge in [-0.1, -0.05) is 31.5 Å². The Labute approximate surface area is 175 Å². The minimum absolute atomic E-state index is 0.136. The molecular formula is C21H25ClN4O3. The standard InChI is InChI=1S/C21H25ClN4O3/c1-4-23-21(29)25-17-7-5-6-16(12-17)24-20(28)18(13(2)3)26-19(27)14-8-10-15(22)11-9-14/h5-13,18H,4H2,1-3H3,(H,24,28)(H,26,27)(H2,23,25,29). The number of hydrogen-bond acceptors (Lipinski definition) is 3. The lowest BCUT2D eigenvalue weighted by atomic mass is 10.0. The molecule has 2 aromatic carbocycles. The number of anilines is 2. The molecule has 29 heavy (non-hydrogen) atoms. The van der Waals surface area contributed by atoms with Gasteiger partial charge in [0.15, 0.2) is 0 Å². The average molecular weight is 417 g/mol. The summed E-state index contributed by atoms with van der Waals surface area (Å²) in [6.07, 6.45) is 0. The predicted molar refractivity (Wildman–Crippen MR) is 115 cm³/mol. The molecule has 0 radical (unpaired) electrons. The molecule has 4 amide bonds. The van der Waals surface area contributed by atoms with Crippen LogP contribution in [0.5, 0.6) is 0 Å². The zero-order valence-corrected chi connectivity index (χ0v) is 17.3. The number of carbonyl (C=O) groups excluding carboxylic acids is 3. The number of urea groups is 1. The molecule has 0 bridgehead atoms. The van der Waals surface area contributed by atoms with Crippen LogP contribution in [-0.2, 0) is 4.79 Å². The van der Waals surface area contributed by atoms with Crippen LogP contribution in [0.25, 0.3) is 0 Å². The number of amides is 4. The maximum Gasteiger partial charge on any atom is 0.319 e. The largest absolute Gasteiger partial charge is 0.340 e. The van der Waals surface area contributed by atoms with Crippen LogP contribution >= 0.6 is 11.6 Å². The predicted octanol–water partition coefficient (Wildman–Crippen LogP) is 3.87. The molecule has 0 aromatic heterocycles. The van der Waals surface area contributed by atoms with Gasteiger partial charge < -0.3 is 21.3 Å². The van der Waals surface area contributed by atoms with Crippen molar-refractivity contribution in [3.63, 3.8) is 0 Å². The Morgan fingerprint density at radius 3 is 2.17 bits per heavy atom. The summed E-state index contributed by atoms with van der Waals surface area (Å²) in [5.41, 5.74) is 1.47. The van der Waals surface area contributed by atoms with Crippen molar-refractivity contribution in [2.75, 3.05) is 17.2 Å². The molecule has 0 aliphatic rings. The number of rotatable bonds is 7. The van der Waals surface area contributed by atoms with Gasteiger partial charge in [0.25, 0.3) is 5.91 Å². The molecule has 0 heterocycles. The fourth-order valence-corrected chi connectivity index (χ4v) is 2.72. The van der Waals surface area contributed by atoms with Crippen LogP contribution in [-0.4, -0.2) is 30.4 Å². The fraction of sp³-hybridized carbons (Fsp3) is 0.286. The van der Waals surface area contributed by atoms with Crippen molar-refractivity contribution >= 4 is 40.8 Å². The summed E-state index contributed by atoms with van der Waals surface area (Å²) >= 11 is 5.85. The molecule has 0 saturated carbocycles. The number of carbonyl (C=O) groups is 3. The van der Waals surface area contributed by atoms with Crippen molar-refractivity contribution in [2.45, 2.75) is 26.8 Å². The van der Waals surface area contributed by atoms with Gasteiger partial charge >= 0.3 is 6.03 Å². The molecule has 1 unspecified atom stereocenters. The topological polar surface area (TPSA) is 99.3 Å². The van der Waals surface area contributed by atoms with Gasteiger partial charge in [0.05, 0.1) is 0 Å². The molecule has 0 aliphatic carbocycles. The summed E-state index contributed by atoms with van der Waals surface area (Å²) in [6, 6.07) is 12.2. The van der Waals surface area contributed by atoms with Crippen LogP contribution in [0, 0.1) is 5.92 Å². The minimum Gasteiger partial charge on any atom is -0.340 e. The van der Waals surface area contributed by atoms with Gasteiger partial charge in [-0.3, -0.25) is 9.59 Å². The van der Waals surface area contributed by atoms with Crippen molar-refractivity contribution in [3.8, 4) is 0 Å². The van der Waals surface area contributed by atoms with Gasteiger partial charge in [-0.05, 0) is 55.3 Å². The Bertz CT molecular complexity index is 868. The summed E-state index contributed by atoms with van der Waals surface area (Å²) in [7, 11) is 0. The second-order valence-corrected chi connectivity index (χ2v) is 7.19. The van der Waals surface area contributed by atoms with E-state index in [0.29, 0.717) is 28.5 Å². The van der Waals surface area contributed by atoms with Gasteiger partial charge in [0.1, 0.15) is 6.04 Å². The van der Waals surface area contributed by atoms with E-state index in [-0.39, 0.29) is 23.8 Å². The van der Waals surface area contributed by atoms with Gasteiger partial charge in [-0.25, -0.2) is 4.79 Å². The second-order valence-electron chi connectivity index (χ2n) is 6.76. The number of halogens is 1. The van der Waals surface area contributed by atoms with Crippen molar-refractivity contribution in [3.05, 3.63) is 59.1 Å². The first kappa shape index (κ1) is 22.2. The van der Waals surface area contributed by atoms with Crippen LogP contribution in [0.15, 0.2) is 48.5 Å². The smallest absolute Gasteiger partial charge is 0.319 e. The van der Waals surface area contributed by atoms with Crippen LogP contribution < -0.4 is 21.3 Å². The van der Waals surface area contributed by atoms with Crippen molar-refractivity contribution in [2.24, 2.45) is 5.92 Å². The van der Waals surface area contributed by atoms with Crippen molar-refractivity contribution in [1.29, 1.82) is 0 Å². The minimum atomic E-state index is -0.738. The third-order valence-electron chi connectivity index (χ3n) is 4.07. The van der Waals surface area contributed by atoms with E-state index in [1.807, 2.05) is 20.8 Å². The van der Waals surface area contributed by atoms with E-state index in [4.69, 9.17) is 11.6 Å². The molecule has 0 aliphatic heterocycles. The molecule has 2 aromatic rings. The Balaban J connectivity index is 2.06. The van der Waals surface area contributed by atoms with E-state index < -0.39 is 6.04 Å². The first-order valence-corrected chi connectivity index (χ1v) is 9.70. The number of hydrogen-bond donors (Lipinski definition) is 4. The van der Waals surface area contributed by atoms with E-state index in [1.165, 1.54) is 0 Å². The lowest BCUT2D eigenvalue weighted by Crippen LogP contribution is -2.47. The highest BCUT2D eigenvalue weighted by molar-refractivity contribution is 6.30. The molecule has 7 nitrogen and oxygen atoms in total. The zero-order chi connectivity index (χ0) is 21.4. The normalized spacial score (nSPS) is 11.5. The molecule has 1 atom stereocenters. The van der Waals surface area contributed by atoms with Gasteiger partial charge in [0, 0.05) is 28.5 Å². The molecule has 8 heteroatoms. The summed E-state index contributed by atoms with van der Waals surface area (Å²) in [5.74, 6) is -0.845. The number of benzene rings is 2. The van der Waals surface area contributed by atoms with Crippen LogP contribution in [0.1, 0.15) is 31.1 Å². The monoisotopic (exact) mass is 416 g/mol. The van der Waals surface area contributed by atoms with Gasteiger partial charge in [-0.15, -0.1) is 0 Å². The average Bonchev–Trinajstić information content (AvgIpc) is 2.66. The number of nitrogens with one attached hydrogen (secondary N) is 4.